The molecule has 0 aromatic heterocycles. The molecule has 2 heterocycles. The van der Waals surface area contributed by atoms with Gasteiger partial charge in [0.2, 0.25) is 0 Å². The molecule has 1 aromatic carbocycles. The number of allylic oxidation sites excluding steroid dienone is 4. The van der Waals surface area contributed by atoms with Crippen LogP contribution in [0.25, 0.3) is 5.57 Å². The van der Waals surface area contributed by atoms with Crippen molar-refractivity contribution in [3.8, 4) is 12.1 Å². The lowest BCUT2D eigenvalue weighted by Gasteiger charge is -2.15. The van der Waals surface area contributed by atoms with Gasteiger partial charge in [0.1, 0.15) is 17.7 Å². The standard InChI is InChI=1S/C18H10N2S4/c19-11-13(12-20)10-15(17-21-6-7-22-17)16(18-23-8-9-24-18)14-4-2-1-3-5-14/h1-10H. The van der Waals surface area contributed by atoms with Crippen molar-refractivity contribution in [1.82, 2.24) is 0 Å². The van der Waals surface area contributed by atoms with Gasteiger partial charge in [-0.2, -0.15) is 10.5 Å². The van der Waals surface area contributed by atoms with Gasteiger partial charge in [0.05, 0.1) is 8.47 Å². The van der Waals surface area contributed by atoms with Gasteiger partial charge in [-0.3, -0.25) is 0 Å². The first-order valence-electron chi connectivity index (χ1n) is 6.86. The van der Waals surface area contributed by atoms with Crippen molar-refractivity contribution in [2.75, 3.05) is 0 Å². The van der Waals surface area contributed by atoms with Crippen LogP contribution < -0.4 is 0 Å². The van der Waals surface area contributed by atoms with Crippen LogP contribution in [0, 0.1) is 22.7 Å². The molecule has 0 radical (unpaired) electrons. The first-order valence-corrected chi connectivity index (χ1v) is 10.4. The summed E-state index contributed by atoms with van der Waals surface area (Å²) in [7, 11) is 0. The summed E-state index contributed by atoms with van der Waals surface area (Å²) >= 11 is 6.58. The molecule has 0 aliphatic carbocycles. The molecule has 3 rings (SSSR count). The van der Waals surface area contributed by atoms with E-state index in [0.29, 0.717) is 0 Å². The Kier molecular flexibility index (Phi) is 6.01. The third kappa shape index (κ3) is 3.85. The smallest absolute Gasteiger partial charge is 0.130 e. The second-order valence-corrected chi connectivity index (χ2v) is 8.71. The highest BCUT2D eigenvalue weighted by molar-refractivity contribution is 8.28. The van der Waals surface area contributed by atoms with Gasteiger partial charge in [0.25, 0.3) is 0 Å². The molecule has 2 nitrogen and oxygen atoms in total. The lowest BCUT2D eigenvalue weighted by atomic mass is 9.99. The number of hydrogen-bond donors (Lipinski definition) is 0. The lowest BCUT2D eigenvalue weighted by molar-refractivity contribution is 1.45. The maximum Gasteiger partial charge on any atom is 0.130 e. The van der Waals surface area contributed by atoms with E-state index in [2.05, 4.69) is 22.9 Å². The summed E-state index contributed by atoms with van der Waals surface area (Å²) in [6.07, 6.45) is 1.71. The van der Waals surface area contributed by atoms with E-state index in [-0.39, 0.29) is 5.57 Å². The molecule has 0 amide bonds. The van der Waals surface area contributed by atoms with Crippen LogP contribution in [0.3, 0.4) is 0 Å². The fraction of sp³-hybridized carbons (Fsp3) is 0. The summed E-state index contributed by atoms with van der Waals surface area (Å²) in [6, 6.07) is 14.1. The van der Waals surface area contributed by atoms with Crippen molar-refractivity contribution in [3.63, 3.8) is 0 Å². The van der Waals surface area contributed by atoms with Crippen molar-refractivity contribution >= 4 is 52.6 Å². The van der Waals surface area contributed by atoms with E-state index in [4.69, 9.17) is 0 Å². The van der Waals surface area contributed by atoms with Crippen LogP contribution in [0.4, 0.5) is 0 Å². The van der Waals surface area contributed by atoms with Crippen molar-refractivity contribution in [3.05, 3.63) is 83.2 Å². The van der Waals surface area contributed by atoms with E-state index in [1.807, 2.05) is 41.2 Å². The molecule has 0 N–H and O–H groups in total. The molecule has 2 aliphatic heterocycles. The highest BCUT2D eigenvalue weighted by Gasteiger charge is 2.21. The maximum atomic E-state index is 9.20. The zero-order valence-electron chi connectivity index (χ0n) is 12.3. The molecule has 0 bridgehead atoms. The van der Waals surface area contributed by atoms with Gasteiger partial charge < -0.3 is 0 Å². The van der Waals surface area contributed by atoms with Crippen LogP contribution >= 0.6 is 47.0 Å². The van der Waals surface area contributed by atoms with Gasteiger partial charge in [-0.15, -0.1) is 0 Å². The Morgan fingerprint density at radius 1 is 0.792 bits per heavy atom. The maximum absolute atomic E-state index is 9.20. The van der Waals surface area contributed by atoms with E-state index in [1.165, 1.54) is 0 Å². The Bertz CT molecular complexity index is 842. The summed E-state index contributed by atoms with van der Waals surface area (Å²) in [5, 5.41) is 26.6. The van der Waals surface area contributed by atoms with E-state index in [9.17, 15) is 10.5 Å². The Morgan fingerprint density at radius 2 is 1.33 bits per heavy atom. The van der Waals surface area contributed by atoms with Gasteiger partial charge in [-0.25, -0.2) is 0 Å². The van der Waals surface area contributed by atoms with Crippen LogP contribution in [0.5, 0.6) is 0 Å². The molecular formula is C18H10N2S4. The average molecular weight is 383 g/mol. The number of hydrogen-bond acceptors (Lipinski definition) is 6. The minimum Gasteiger partial charge on any atom is -0.192 e. The minimum absolute atomic E-state index is 0.112. The fourth-order valence-corrected chi connectivity index (χ4v) is 5.88. The average Bonchev–Trinajstić information content (AvgIpc) is 3.33. The molecule has 24 heavy (non-hydrogen) atoms. The number of benzene rings is 1. The summed E-state index contributed by atoms with van der Waals surface area (Å²) < 4.78 is 2.24. The molecule has 0 saturated carbocycles. The first kappa shape index (κ1) is 17.1. The molecule has 0 fully saturated rings. The molecule has 0 atom stereocenters. The largest absolute Gasteiger partial charge is 0.192 e. The number of nitriles is 2. The van der Waals surface area contributed by atoms with E-state index < -0.39 is 0 Å². The molecule has 116 valence electrons. The SMILES string of the molecule is N#CC(C#N)=CC(=C1SC=CS1)C(=C1SC=CS1)c1ccccc1. The third-order valence-corrected chi connectivity index (χ3v) is 7.39. The fourth-order valence-electron chi connectivity index (χ4n) is 2.11. The molecular weight excluding hydrogens is 372 g/mol. The second kappa shape index (κ2) is 8.41. The monoisotopic (exact) mass is 382 g/mol. The lowest BCUT2D eigenvalue weighted by Crippen LogP contribution is -1.93. The molecule has 0 unspecified atom stereocenters. The van der Waals surface area contributed by atoms with Crippen molar-refractivity contribution in [2.24, 2.45) is 0 Å². The van der Waals surface area contributed by atoms with Crippen LogP contribution in [0.2, 0.25) is 0 Å². The topological polar surface area (TPSA) is 47.6 Å². The quantitative estimate of drug-likeness (QED) is 0.560. The molecule has 0 saturated heterocycles. The Balaban J connectivity index is 2.22. The summed E-state index contributed by atoms with van der Waals surface area (Å²) in [6.45, 7) is 0. The van der Waals surface area contributed by atoms with E-state index >= 15 is 0 Å². The Morgan fingerprint density at radius 3 is 1.88 bits per heavy atom. The summed E-state index contributed by atoms with van der Waals surface area (Å²) in [5.74, 6) is 0. The van der Waals surface area contributed by atoms with Gasteiger partial charge in [-0.05, 0) is 33.3 Å². The Hall–Kier alpha value is -1.70. The predicted octanol–water partition coefficient (Wildman–Crippen LogP) is 6.44. The molecule has 2 aliphatic rings. The zero-order chi connectivity index (χ0) is 16.8. The van der Waals surface area contributed by atoms with Gasteiger partial charge in [0, 0.05) is 11.1 Å². The number of thioether (sulfide) groups is 4. The summed E-state index contributed by atoms with van der Waals surface area (Å²) in [5.41, 5.74) is 3.19. The highest BCUT2D eigenvalue weighted by atomic mass is 32.2. The second-order valence-electron chi connectivity index (χ2n) is 4.53. The molecule has 0 spiro atoms. The molecule has 1 aromatic rings. The van der Waals surface area contributed by atoms with E-state index in [0.717, 1.165) is 25.2 Å². The first-order chi connectivity index (χ1) is 11.8. The van der Waals surface area contributed by atoms with Gasteiger partial charge >= 0.3 is 0 Å². The van der Waals surface area contributed by atoms with E-state index in [1.54, 1.807) is 53.1 Å². The van der Waals surface area contributed by atoms with Crippen LogP contribution in [-0.2, 0) is 0 Å². The van der Waals surface area contributed by atoms with Crippen LogP contribution in [0.15, 0.2) is 77.7 Å². The summed E-state index contributed by atoms with van der Waals surface area (Å²) in [4.78, 5) is 0. The molecule has 6 heteroatoms. The van der Waals surface area contributed by atoms with Crippen molar-refractivity contribution < 1.29 is 0 Å². The van der Waals surface area contributed by atoms with Crippen molar-refractivity contribution in [2.45, 2.75) is 0 Å². The van der Waals surface area contributed by atoms with Gasteiger partial charge in [0.15, 0.2) is 0 Å². The van der Waals surface area contributed by atoms with Gasteiger partial charge in [-0.1, -0.05) is 77.4 Å². The number of rotatable bonds is 3. The van der Waals surface area contributed by atoms with Crippen molar-refractivity contribution in [1.29, 1.82) is 10.5 Å². The van der Waals surface area contributed by atoms with Crippen LogP contribution in [0.1, 0.15) is 5.56 Å². The van der Waals surface area contributed by atoms with Crippen LogP contribution in [-0.4, -0.2) is 0 Å². The number of nitrogens with zero attached hydrogens (tertiary/aromatic N) is 2. The highest BCUT2D eigenvalue weighted by Crippen LogP contribution is 2.50. The normalized spacial score (nSPS) is 15.1. The third-order valence-electron chi connectivity index (χ3n) is 3.10. The minimum atomic E-state index is 0.112. The zero-order valence-corrected chi connectivity index (χ0v) is 15.6. The Labute approximate surface area is 158 Å². The predicted molar refractivity (Wildman–Crippen MR) is 108 cm³/mol.